The fourth-order valence-corrected chi connectivity index (χ4v) is 2.56. The zero-order valence-corrected chi connectivity index (χ0v) is 12.6. The third-order valence-corrected chi connectivity index (χ3v) is 3.88. The highest BCUT2D eigenvalue weighted by molar-refractivity contribution is 9.10. The number of nitrogen functional groups attached to an aromatic ring is 1. The minimum Gasteiger partial charge on any atom is -0.382 e. The summed E-state index contributed by atoms with van der Waals surface area (Å²) >= 11 is 3.56. The smallest absolute Gasteiger partial charge is 0.180 e. The first-order valence-electron chi connectivity index (χ1n) is 6.19. The van der Waals surface area contributed by atoms with Gasteiger partial charge in [-0.05, 0) is 11.6 Å². The number of anilines is 2. The lowest BCUT2D eigenvalue weighted by Crippen LogP contribution is -2.19. The zero-order chi connectivity index (χ0) is 14.1. The molecular formula is C14H14BrN5. The molecule has 2 heterocycles. The largest absolute Gasteiger partial charge is 0.382 e. The molecule has 6 heteroatoms. The Balaban J connectivity index is 1.98. The lowest BCUT2D eigenvalue weighted by molar-refractivity contribution is 0.890. The normalized spacial score (nSPS) is 10.9. The molecular weight excluding hydrogens is 318 g/mol. The van der Waals surface area contributed by atoms with Gasteiger partial charge in [-0.15, -0.1) is 0 Å². The Morgan fingerprint density at radius 3 is 2.95 bits per heavy atom. The molecule has 0 bridgehead atoms. The molecule has 0 aliphatic carbocycles. The van der Waals surface area contributed by atoms with Crippen LogP contribution in [0.1, 0.15) is 5.56 Å². The van der Waals surface area contributed by atoms with Gasteiger partial charge in [-0.2, -0.15) is 0 Å². The van der Waals surface area contributed by atoms with Gasteiger partial charge in [-0.3, -0.25) is 0 Å². The van der Waals surface area contributed by atoms with Crippen LogP contribution in [0.4, 0.5) is 11.6 Å². The second-order valence-corrected chi connectivity index (χ2v) is 5.45. The summed E-state index contributed by atoms with van der Waals surface area (Å²) in [6.45, 7) is 0.723. The van der Waals surface area contributed by atoms with Gasteiger partial charge in [0.05, 0.1) is 6.20 Å². The Kier molecular flexibility index (Phi) is 3.31. The molecule has 1 aromatic carbocycles. The van der Waals surface area contributed by atoms with E-state index in [1.807, 2.05) is 40.7 Å². The summed E-state index contributed by atoms with van der Waals surface area (Å²) in [5.41, 5.74) is 7.83. The Labute approximate surface area is 125 Å². The Morgan fingerprint density at radius 1 is 1.35 bits per heavy atom. The van der Waals surface area contributed by atoms with E-state index in [1.165, 1.54) is 5.56 Å². The number of nitrogens with two attached hydrogens (primary N) is 1. The Hall–Kier alpha value is -2.08. The molecule has 3 aromatic rings. The number of aromatic nitrogens is 3. The summed E-state index contributed by atoms with van der Waals surface area (Å²) < 4.78 is 2.96. The van der Waals surface area contributed by atoms with E-state index in [4.69, 9.17) is 5.73 Å². The molecule has 2 aromatic heterocycles. The number of fused-ring (bicyclic) bond motifs is 1. The molecule has 0 amide bonds. The van der Waals surface area contributed by atoms with Crippen molar-refractivity contribution in [3.05, 3.63) is 52.9 Å². The van der Waals surface area contributed by atoms with Gasteiger partial charge in [-0.25, -0.2) is 9.97 Å². The standard InChI is InChI=1S/C14H14BrN5/c1-19(8-10-4-2-3-5-11(10)15)14-13-17-6-7-20(13)9-12(16)18-14/h2-7,9H,8,16H2,1H3. The van der Waals surface area contributed by atoms with Gasteiger partial charge >= 0.3 is 0 Å². The first-order valence-corrected chi connectivity index (χ1v) is 6.98. The molecule has 20 heavy (non-hydrogen) atoms. The Morgan fingerprint density at radius 2 is 2.15 bits per heavy atom. The molecule has 0 unspecified atom stereocenters. The molecule has 0 aliphatic rings. The third kappa shape index (κ3) is 2.34. The molecule has 3 rings (SSSR count). The number of imidazole rings is 1. The Bertz CT molecular complexity index is 752. The molecule has 0 aliphatic heterocycles. The maximum Gasteiger partial charge on any atom is 0.180 e. The van der Waals surface area contributed by atoms with Crippen LogP contribution in [-0.2, 0) is 6.54 Å². The van der Waals surface area contributed by atoms with Crippen molar-refractivity contribution >= 4 is 33.2 Å². The predicted octanol–water partition coefficient (Wildman–Crippen LogP) is 2.71. The summed E-state index contributed by atoms with van der Waals surface area (Å²) in [6.07, 6.45) is 5.37. The maximum atomic E-state index is 5.85. The molecule has 102 valence electrons. The fourth-order valence-electron chi connectivity index (χ4n) is 2.15. The summed E-state index contributed by atoms with van der Waals surface area (Å²) in [5, 5.41) is 0. The van der Waals surface area contributed by atoms with Crippen LogP contribution in [0.15, 0.2) is 47.3 Å². The minimum atomic E-state index is 0.476. The van der Waals surface area contributed by atoms with Gasteiger partial charge in [0.2, 0.25) is 0 Å². The summed E-state index contributed by atoms with van der Waals surface area (Å²) in [6, 6.07) is 8.13. The lowest BCUT2D eigenvalue weighted by Gasteiger charge is -2.19. The van der Waals surface area contributed by atoms with Crippen molar-refractivity contribution in [2.75, 3.05) is 17.7 Å². The number of hydrogen-bond acceptors (Lipinski definition) is 4. The van der Waals surface area contributed by atoms with Crippen molar-refractivity contribution in [3.63, 3.8) is 0 Å². The number of halogens is 1. The van der Waals surface area contributed by atoms with Gasteiger partial charge in [-0.1, -0.05) is 34.1 Å². The average molecular weight is 332 g/mol. The molecule has 0 saturated heterocycles. The molecule has 0 saturated carbocycles. The summed E-state index contributed by atoms with van der Waals surface area (Å²) in [7, 11) is 1.98. The number of nitrogens with zero attached hydrogens (tertiary/aromatic N) is 4. The van der Waals surface area contributed by atoms with E-state index < -0.39 is 0 Å². The SMILES string of the molecule is CN(Cc1ccccc1Br)c1nc(N)cn2ccnc12. The highest BCUT2D eigenvalue weighted by atomic mass is 79.9. The zero-order valence-electron chi connectivity index (χ0n) is 11.0. The monoisotopic (exact) mass is 331 g/mol. The molecule has 0 spiro atoms. The number of hydrogen-bond donors (Lipinski definition) is 1. The van der Waals surface area contributed by atoms with Crippen LogP contribution in [-0.4, -0.2) is 21.4 Å². The molecule has 0 atom stereocenters. The molecule has 5 nitrogen and oxygen atoms in total. The number of rotatable bonds is 3. The highest BCUT2D eigenvalue weighted by Crippen LogP contribution is 2.23. The van der Waals surface area contributed by atoms with Crippen molar-refractivity contribution in [3.8, 4) is 0 Å². The van der Waals surface area contributed by atoms with Crippen LogP contribution >= 0.6 is 15.9 Å². The summed E-state index contributed by atoms with van der Waals surface area (Å²) in [5.74, 6) is 1.25. The van der Waals surface area contributed by atoms with E-state index in [1.54, 1.807) is 12.4 Å². The minimum absolute atomic E-state index is 0.476. The van der Waals surface area contributed by atoms with Gasteiger partial charge < -0.3 is 15.0 Å². The molecule has 0 fully saturated rings. The van der Waals surface area contributed by atoms with Gasteiger partial charge in [0, 0.05) is 30.5 Å². The van der Waals surface area contributed by atoms with Crippen molar-refractivity contribution in [1.29, 1.82) is 0 Å². The lowest BCUT2D eigenvalue weighted by atomic mass is 10.2. The van der Waals surface area contributed by atoms with E-state index in [-0.39, 0.29) is 0 Å². The topological polar surface area (TPSA) is 59.5 Å². The first-order chi connectivity index (χ1) is 9.65. The van der Waals surface area contributed by atoms with E-state index in [0.29, 0.717) is 5.82 Å². The fraction of sp³-hybridized carbons (Fsp3) is 0.143. The average Bonchev–Trinajstić information content (AvgIpc) is 2.88. The van der Waals surface area contributed by atoms with E-state index in [0.717, 1.165) is 22.5 Å². The second-order valence-electron chi connectivity index (χ2n) is 4.59. The second kappa shape index (κ2) is 5.13. The van der Waals surface area contributed by atoms with Crippen LogP contribution in [0.5, 0.6) is 0 Å². The van der Waals surface area contributed by atoms with Crippen LogP contribution in [0, 0.1) is 0 Å². The number of benzene rings is 1. The summed E-state index contributed by atoms with van der Waals surface area (Å²) in [4.78, 5) is 10.8. The van der Waals surface area contributed by atoms with Crippen LogP contribution in [0.2, 0.25) is 0 Å². The van der Waals surface area contributed by atoms with Crippen molar-refractivity contribution in [1.82, 2.24) is 14.4 Å². The van der Waals surface area contributed by atoms with Gasteiger partial charge in [0.15, 0.2) is 11.5 Å². The van der Waals surface area contributed by atoms with E-state index in [9.17, 15) is 0 Å². The van der Waals surface area contributed by atoms with Gasteiger partial charge in [0.1, 0.15) is 5.82 Å². The highest BCUT2D eigenvalue weighted by Gasteiger charge is 2.12. The molecule has 2 N–H and O–H groups in total. The van der Waals surface area contributed by atoms with E-state index >= 15 is 0 Å². The van der Waals surface area contributed by atoms with E-state index in [2.05, 4.69) is 32.0 Å². The molecule has 0 radical (unpaired) electrons. The van der Waals surface area contributed by atoms with Crippen molar-refractivity contribution in [2.24, 2.45) is 0 Å². The third-order valence-electron chi connectivity index (χ3n) is 3.10. The van der Waals surface area contributed by atoms with Crippen molar-refractivity contribution < 1.29 is 0 Å². The quantitative estimate of drug-likeness (QED) is 0.801. The van der Waals surface area contributed by atoms with Crippen molar-refractivity contribution in [2.45, 2.75) is 6.54 Å². The maximum absolute atomic E-state index is 5.85. The van der Waals surface area contributed by atoms with Gasteiger partial charge in [0.25, 0.3) is 0 Å². The van der Waals surface area contributed by atoms with Crippen LogP contribution in [0.3, 0.4) is 0 Å². The van der Waals surface area contributed by atoms with Crippen LogP contribution in [0.25, 0.3) is 5.65 Å². The first kappa shape index (κ1) is 12.9. The van der Waals surface area contributed by atoms with Crippen LogP contribution < -0.4 is 10.6 Å². The predicted molar refractivity (Wildman–Crippen MR) is 83.6 cm³/mol.